The molecule has 2 heterocycles. The van der Waals surface area contributed by atoms with E-state index in [2.05, 4.69) is 44.2 Å². The van der Waals surface area contributed by atoms with Crippen LogP contribution < -0.4 is 15.2 Å². The maximum absolute atomic E-state index is 11.2. The van der Waals surface area contributed by atoms with Gasteiger partial charge in [0.2, 0.25) is 0 Å². The van der Waals surface area contributed by atoms with Crippen LogP contribution in [0.5, 0.6) is 11.5 Å². The summed E-state index contributed by atoms with van der Waals surface area (Å²) in [5, 5.41) is 15.1. The quantitative estimate of drug-likeness (QED) is 0.381. The summed E-state index contributed by atoms with van der Waals surface area (Å²) < 4.78 is 13.8. The molecule has 1 aromatic heterocycles. The molecule has 1 atom stereocenters. The summed E-state index contributed by atoms with van der Waals surface area (Å²) in [7, 11) is 0. The smallest absolute Gasteiger partial charge is 0.307 e. The second-order valence-corrected chi connectivity index (χ2v) is 9.18. The Morgan fingerprint density at radius 3 is 2.74 bits per heavy atom. The Balaban J connectivity index is 1.51. The molecule has 1 aliphatic heterocycles. The molecule has 0 saturated carbocycles. The number of benzene rings is 3. The highest BCUT2D eigenvalue weighted by atomic mass is 16.5. The number of carbonyl (C=O) groups is 1. The highest BCUT2D eigenvalue weighted by molar-refractivity contribution is 5.87. The van der Waals surface area contributed by atoms with Gasteiger partial charge in [0.25, 0.3) is 0 Å². The van der Waals surface area contributed by atoms with Crippen LogP contribution in [0, 0.1) is 0 Å². The predicted molar refractivity (Wildman–Crippen MR) is 135 cm³/mol. The second kappa shape index (κ2) is 9.43. The molecule has 0 radical (unpaired) electrons. The molecular weight excluding hydrogens is 442 g/mol. The van der Waals surface area contributed by atoms with Crippen LogP contribution in [0.15, 0.2) is 60.7 Å². The van der Waals surface area contributed by atoms with Gasteiger partial charge in [-0.1, -0.05) is 30.3 Å². The first-order chi connectivity index (χ1) is 16.9. The number of rotatable bonds is 7. The van der Waals surface area contributed by atoms with Gasteiger partial charge in [-0.15, -0.1) is 0 Å². The van der Waals surface area contributed by atoms with E-state index >= 15 is 0 Å². The molecule has 0 aliphatic carbocycles. The molecule has 1 unspecified atom stereocenters. The van der Waals surface area contributed by atoms with Gasteiger partial charge in [-0.05, 0) is 55.3 Å². The summed E-state index contributed by atoms with van der Waals surface area (Å²) in [5.41, 5.74) is 12.0. The first-order valence-corrected chi connectivity index (χ1v) is 11.9. The lowest BCUT2D eigenvalue weighted by Gasteiger charge is -2.23. The standard InChI is InChI=1S/C28H29N3O4/c1-17(2)31-25-9-7-18(19-8-10-27-21(13-19)23(29)11-12-34-27)14-22(25)24(30-31)16-35-26-6-4-3-5-20(26)15-28(32)33/h3-10,13-14,17,23H,11-12,15-16,29H2,1-2H3,(H,32,33). The maximum Gasteiger partial charge on any atom is 0.307 e. The highest BCUT2D eigenvalue weighted by Crippen LogP contribution is 2.36. The summed E-state index contributed by atoms with van der Waals surface area (Å²) in [6, 6.07) is 19.9. The van der Waals surface area contributed by atoms with Gasteiger partial charge in [-0.3, -0.25) is 9.48 Å². The molecule has 0 bridgehead atoms. The van der Waals surface area contributed by atoms with E-state index in [0.717, 1.165) is 45.5 Å². The van der Waals surface area contributed by atoms with Gasteiger partial charge in [0.15, 0.2) is 0 Å². The largest absolute Gasteiger partial charge is 0.493 e. The number of carboxylic acids is 1. The average molecular weight is 472 g/mol. The summed E-state index contributed by atoms with van der Waals surface area (Å²) in [6.45, 7) is 5.07. The molecule has 7 heteroatoms. The van der Waals surface area contributed by atoms with Crippen molar-refractivity contribution in [2.45, 2.75) is 45.4 Å². The van der Waals surface area contributed by atoms with E-state index in [9.17, 15) is 9.90 Å². The van der Waals surface area contributed by atoms with E-state index < -0.39 is 5.97 Å². The third-order valence-corrected chi connectivity index (χ3v) is 6.38. The maximum atomic E-state index is 11.2. The molecule has 5 rings (SSSR count). The van der Waals surface area contributed by atoms with Crippen molar-refractivity contribution in [2.75, 3.05) is 6.61 Å². The van der Waals surface area contributed by atoms with E-state index in [4.69, 9.17) is 20.3 Å². The van der Waals surface area contributed by atoms with Crippen LogP contribution in [0.2, 0.25) is 0 Å². The molecule has 4 aromatic rings. The van der Waals surface area contributed by atoms with Crippen molar-refractivity contribution in [1.82, 2.24) is 9.78 Å². The van der Waals surface area contributed by atoms with Gasteiger partial charge >= 0.3 is 5.97 Å². The van der Waals surface area contributed by atoms with Gasteiger partial charge in [0.1, 0.15) is 23.8 Å². The minimum atomic E-state index is -0.893. The van der Waals surface area contributed by atoms with E-state index in [0.29, 0.717) is 17.9 Å². The normalized spacial score (nSPS) is 15.1. The van der Waals surface area contributed by atoms with Crippen LogP contribution >= 0.6 is 0 Å². The molecule has 3 N–H and O–H groups in total. The molecular formula is C28H29N3O4. The first-order valence-electron chi connectivity index (χ1n) is 11.9. The van der Waals surface area contributed by atoms with Crippen molar-refractivity contribution in [1.29, 1.82) is 0 Å². The summed E-state index contributed by atoms with van der Waals surface area (Å²) >= 11 is 0. The van der Waals surface area contributed by atoms with E-state index in [1.807, 2.05) is 22.9 Å². The lowest BCUT2D eigenvalue weighted by molar-refractivity contribution is -0.136. The van der Waals surface area contributed by atoms with Gasteiger partial charge in [0.05, 0.1) is 18.5 Å². The zero-order valence-corrected chi connectivity index (χ0v) is 19.9. The number of nitrogens with two attached hydrogens (primary N) is 1. The highest BCUT2D eigenvalue weighted by Gasteiger charge is 2.20. The fourth-order valence-electron chi connectivity index (χ4n) is 4.58. The van der Waals surface area contributed by atoms with Crippen LogP contribution in [0.3, 0.4) is 0 Å². The van der Waals surface area contributed by atoms with Crippen LogP contribution in [-0.4, -0.2) is 27.5 Å². The summed E-state index contributed by atoms with van der Waals surface area (Å²) in [6.07, 6.45) is 0.715. The van der Waals surface area contributed by atoms with Crippen molar-refractivity contribution in [3.63, 3.8) is 0 Å². The molecule has 0 fully saturated rings. The number of carboxylic acid groups (broad SMARTS) is 1. The first kappa shape index (κ1) is 22.9. The number of fused-ring (bicyclic) bond motifs is 2. The lowest BCUT2D eigenvalue weighted by Crippen LogP contribution is -2.20. The Bertz CT molecular complexity index is 1390. The molecule has 0 amide bonds. The minimum Gasteiger partial charge on any atom is -0.493 e. The molecule has 1 aliphatic rings. The van der Waals surface area contributed by atoms with Crippen LogP contribution in [0.1, 0.15) is 49.2 Å². The Labute approximate surface area is 204 Å². The third kappa shape index (κ3) is 4.59. The number of ether oxygens (including phenoxy) is 2. The van der Waals surface area contributed by atoms with Gasteiger partial charge in [-0.2, -0.15) is 5.10 Å². The van der Waals surface area contributed by atoms with Crippen molar-refractivity contribution < 1.29 is 19.4 Å². The summed E-state index contributed by atoms with van der Waals surface area (Å²) in [5.74, 6) is 0.521. The Morgan fingerprint density at radius 2 is 1.94 bits per heavy atom. The van der Waals surface area contributed by atoms with Crippen molar-refractivity contribution in [3.05, 3.63) is 77.5 Å². The van der Waals surface area contributed by atoms with Crippen molar-refractivity contribution in [2.24, 2.45) is 5.73 Å². The van der Waals surface area contributed by atoms with E-state index in [-0.39, 0.29) is 25.1 Å². The number of hydrogen-bond acceptors (Lipinski definition) is 5. The number of aromatic nitrogens is 2. The predicted octanol–water partition coefficient (Wildman–Crippen LogP) is 5.27. The van der Waals surface area contributed by atoms with Crippen LogP contribution in [-0.2, 0) is 17.8 Å². The van der Waals surface area contributed by atoms with Gasteiger partial charge in [-0.25, -0.2) is 0 Å². The molecule has 7 nitrogen and oxygen atoms in total. The molecule has 35 heavy (non-hydrogen) atoms. The van der Waals surface area contributed by atoms with E-state index in [1.165, 1.54) is 0 Å². The monoisotopic (exact) mass is 471 g/mol. The Morgan fingerprint density at radius 1 is 1.17 bits per heavy atom. The third-order valence-electron chi connectivity index (χ3n) is 6.38. The minimum absolute atomic E-state index is 0.0269. The van der Waals surface area contributed by atoms with Gasteiger partial charge < -0.3 is 20.3 Å². The topological polar surface area (TPSA) is 99.6 Å². The van der Waals surface area contributed by atoms with Crippen LogP contribution in [0.25, 0.3) is 22.0 Å². The Kier molecular flexibility index (Phi) is 6.17. The number of nitrogens with zero attached hydrogens (tertiary/aromatic N) is 2. The fraction of sp³-hybridized carbons (Fsp3) is 0.286. The molecule has 0 saturated heterocycles. The van der Waals surface area contributed by atoms with Crippen molar-refractivity contribution in [3.8, 4) is 22.6 Å². The van der Waals surface area contributed by atoms with Gasteiger partial charge in [0, 0.05) is 35.0 Å². The zero-order valence-electron chi connectivity index (χ0n) is 19.9. The van der Waals surface area contributed by atoms with Crippen molar-refractivity contribution >= 4 is 16.9 Å². The molecule has 0 spiro atoms. The number of para-hydroxylation sites is 1. The van der Waals surface area contributed by atoms with E-state index in [1.54, 1.807) is 12.1 Å². The number of aliphatic carboxylic acids is 1. The second-order valence-electron chi connectivity index (χ2n) is 9.18. The summed E-state index contributed by atoms with van der Waals surface area (Å²) in [4.78, 5) is 11.2. The lowest BCUT2D eigenvalue weighted by atomic mass is 9.95. The zero-order chi connectivity index (χ0) is 24.5. The molecule has 3 aromatic carbocycles. The van der Waals surface area contributed by atoms with Crippen LogP contribution in [0.4, 0.5) is 0 Å². The Hall–Kier alpha value is -3.84. The number of hydrogen-bond donors (Lipinski definition) is 2. The fourth-order valence-corrected chi connectivity index (χ4v) is 4.58. The average Bonchev–Trinajstić information content (AvgIpc) is 3.21. The SMILES string of the molecule is CC(C)n1nc(COc2ccccc2CC(=O)O)c2cc(-c3ccc4c(c3)C(N)CCO4)ccc21. The molecule has 180 valence electrons.